The molecule has 7 heteroatoms. The average molecular weight is 204 g/mol. The third kappa shape index (κ3) is 1.40. The lowest BCUT2D eigenvalue weighted by Crippen LogP contribution is -2.42. The second-order valence-corrected chi connectivity index (χ2v) is 2.95. The highest BCUT2D eigenvalue weighted by atomic mass is 35.5. The van der Waals surface area contributed by atoms with E-state index in [0.29, 0.717) is 0 Å². The zero-order valence-corrected chi connectivity index (χ0v) is 7.39. The Balaban J connectivity index is 3.10. The van der Waals surface area contributed by atoms with Gasteiger partial charge < -0.3 is 5.21 Å². The van der Waals surface area contributed by atoms with Crippen LogP contribution in [-0.4, -0.2) is 26.6 Å². The smallest absolute Gasteiger partial charge is 0.283 e. The molecular formula is C6H6ClN3O3. The van der Waals surface area contributed by atoms with E-state index in [2.05, 4.69) is 10.1 Å². The van der Waals surface area contributed by atoms with Gasteiger partial charge in [0.05, 0.1) is 0 Å². The predicted molar refractivity (Wildman–Crippen MR) is 47.0 cm³/mol. The second kappa shape index (κ2) is 3.14. The summed E-state index contributed by atoms with van der Waals surface area (Å²) in [6.45, 7) is 1.32. The van der Waals surface area contributed by atoms with Crippen LogP contribution in [-0.2, 0) is 0 Å². The number of rotatable bonds is 2. The normalized spacial score (nSPS) is 27.5. The van der Waals surface area contributed by atoms with E-state index in [4.69, 9.17) is 16.8 Å². The quantitative estimate of drug-likeness (QED) is 0.314. The fourth-order valence-electron chi connectivity index (χ4n) is 0.923. The fraction of sp³-hybridized carbons (Fsp3) is 0.333. The van der Waals surface area contributed by atoms with Crippen LogP contribution in [0.2, 0.25) is 0 Å². The van der Waals surface area contributed by atoms with Crippen molar-refractivity contribution in [3.8, 4) is 0 Å². The van der Waals surface area contributed by atoms with E-state index >= 15 is 0 Å². The molecule has 1 N–H and O–H groups in total. The van der Waals surface area contributed by atoms with Gasteiger partial charge in [0.2, 0.25) is 0 Å². The monoisotopic (exact) mass is 203 g/mol. The van der Waals surface area contributed by atoms with Gasteiger partial charge in [0.15, 0.2) is 10.9 Å². The van der Waals surface area contributed by atoms with Crippen molar-refractivity contribution in [2.45, 2.75) is 12.5 Å². The van der Waals surface area contributed by atoms with E-state index in [-0.39, 0.29) is 10.9 Å². The minimum Gasteiger partial charge on any atom is -0.410 e. The van der Waals surface area contributed by atoms with Crippen LogP contribution in [0.3, 0.4) is 0 Å². The van der Waals surface area contributed by atoms with Crippen LogP contribution in [0.15, 0.2) is 22.4 Å². The molecule has 0 aromatic rings. The van der Waals surface area contributed by atoms with Crippen molar-refractivity contribution >= 4 is 22.5 Å². The van der Waals surface area contributed by atoms with Crippen LogP contribution >= 0.6 is 11.6 Å². The molecule has 1 aliphatic rings. The van der Waals surface area contributed by atoms with E-state index < -0.39 is 10.5 Å². The summed E-state index contributed by atoms with van der Waals surface area (Å²) in [7, 11) is 0. The molecule has 6 nitrogen and oxygen atoms in total. The first kappa shape index (κ1) is 9.66. The predicted octanol–water partition coefficient (Wildman–Crippen LogP) is 1.02. The Hall–Kier alpha value is -1.43. The highest BCUT2D eigenvalue weighted by Gasteiger charge is 2.45. The molecule has 70 valence electrons. The van der Waals surface area contributed by atoms with Crippen molar-refractivity contribution in [1.82, 2.24) is 0 Å². The second-order valence-electron chi connectivity index (χ2n) is 2.59. The summed E-state index contributed by atoms with van der Waals surface area (Å²) in [6, 6.07) is 0. The highest BCUT2D eigenvalue weighted by molar-refractivity contribution is 6.84. The maximum atomic E-state index is 10.6. The van der Waals surface area contributed by atoms with Gasteiger partial charge in [-0.2, -0.15) is 0 Å². The standard InChI is InChI=1S/C6H6ClN3O3/c1-6(10(12)13)2-3-8-4(6)5(7)9-11/h2-3,11H,1H3/b9-5+. The summed E-state index contributed by atoms with van der Waals surface area (Å²) in [5.74, 6) is 0. The molecule has 0 amide bonds. The Kier molecular flexibility index (Phi) is 2.33. The van der Waals surface area contributed by atoms with E-state index in [1.165, 1.54) is 19.2 Å². The Morgan fingerprint density at radius 3 is 3.00 bits per heavy atom. The van der Waals surface area contributed by atoms with Crippen LogP contribution in [0.5, 0.6) is 0 Å². The molecule has 0 saturated carbocycles. The van der Waals surface area contributed by atoms with Crippen molar-refractivity contribution < 1.29 is 10.1 Å². The lowest BCUT2D eigenvalue weighted by atomic mass is 9.99. The molecule has 0 spiro atoms. The minimum absolute atomic E-state index is 0.0679. The maximum absolute atomic E-state index is 10.6. The number of hydrogen-bond acceptors (Lipinski definition) is 5. The Labute approximate surface area is 78.4 Å². The fourth-order valence-corrected chi connectivity index (χ4v) is 1.16. The Bertz CT molecular complexity index is 336. The number of hydrogen-bond donors (Lipinski definition) is 1. The molecule has 1 atom stereocenters. The van der Waals surface area contributed by atoms with Crippen LogP contribution in [0.25, 0.3) is 0 Å². The molecule has 1 unspecified atom stereocenters. The topological polar surface area (TPSA) is 88.1 Å². The molecule has 13 heavy (non-hydrogen) atoms. The zero-order chi connectivity index (χ0) is 10.1. The van der Waals surface area contributed by atoms with Gasteiger partial charge in [0.1, 0.15) is 0 Å². The van der Waals surface area contributed by atoms with E-state index in [1.807, 2.05) is 0 Å². The zero-order valence-electron chi connectivity index (χ0n) is 6.64. The Morgan fingerprint density at radius 2 is 2.54 bits per heavy atom. The van der Waals surface area contributed by atoms with Gasteiger partial charge in [0, 0.05) is 24.1 Å². The largest absolute Gasteiger partial charge is 0.410 e. The number of halogens is 1. The maximum Gasteiger partial charge on any atom is 0.283 e. The van der Waals surface area contributed by atoms with Gasteiger partial charge in [0.25, 0.3) is 5.54 Å². The third-order valence-corrected chi connectivity index (χ3v) is 2.00. The van der Waals surface area contributed by atoms with Crippen LogP contribution in [0.1, 0.15) is 6.92 Å². The number of nitrogens with zero attached hydrogens (tertiary/aromatic N) is 3. The molecule has 0 saturated heterocycles. The van der Waals surface area contributed by atoms with Crippen molar-refractivity contribution in [3.63, 3.8) is 0 Å². The highest BCUT2D eigenvalue weighted by Crippen LogP contribution is 2.21. The van der Waals surface area contributed by atoms with Gasteiger partial charge in [-0.3, -0.25) is 15.1 Å². The third-order valence-electron chi connectivity index (χ3n) is 1.74. The minimum atomic E-state index is -1.50. The summed E-state index contributed by atoms with van der Waals surface area (Å²) in [6.07, 6.45) is 2.53. The summed E-state index contributed by atoms with van der Waals surface area (Å²) in [5, 5.41) is 21.3. The molecule has 1 rings (SSSR count). The molecule has 1 heterocycles. The molecular weight excluding hydrogens is 198 g/mol. The van der Waals surface area contributed by atoms with Gasteiger partial charge in [-0.25, -0.2) is 0 Å². The van der Waals surface area contributed by atoms with Crippen LogP contribution < -0.4 is 0 Å². The number of nitro groups is 1. The van der Waals surface area contributed by atoms with Crippen molar-refractivity contribution in [3.05, 3.63) is 22.4 Å². The van der Waals surface area contributed by atoms with Crippen LogP contribution in [0.4, 0.5) is 0 Å². The van der Waals surface area contributed by atoms with Crippen molar-refractivity contribution in [2.75, 3.05) is 0 Å². The molecule has 0 bridgehead atoms. The summed E-state index contributed by atoms with van der Waals surface area (Å²) in [5.41, 5.74) is -1.56. The van der Waals surface area contributed by atoms with E-state index in [1.54, 1.807) is 0 Å². The Morgan fingerprint density at radius 1 is 1.92 bits per heavy atom. The van der Waals surface area contributed by atoms with E-state index in [9.17, 15) is 10.1 Å². The number of oxime groups is 1. The lowest BCUT2D eigenvalue weighted by Gasteiger charge is -2.13. The summed E-state index contributed by atoms with van der Waals surface area (Å²) >= 11 is 5.42. The molecule has 1 aliphatic heterocycles. The SMILES string of the molecule is CC1([N+](=O)[O-])C=CN=C1/C(Cl)=N\O. The molecule has 0 aromatic heterocycles. The molecule has 0 fully saturated rings. The molecule has 0 aromatic carbocycles. The van der Waals surface area contributed by atoms with Gasteiger partial charge in [-0.05, 0) is 0 Å². The van der Waals surface area contributed by atoms with Gasteiger partial charge >= 0.3 is 0 Å². The van der Waals surface area contributed by atoms with Gasteiger partial charge in [-0.15, -0.1) is 0 Å². The number of aliphatic imine (C=N–C) groups is 1. The molecule has 0 aliphatic carbocycles. The molecule has 0 radical (unpaired) electrons. The summed E-state index contributed by atoms with van der Waals surface area (Å²) < 4.78 is 0. The summed E-state index contributed by atoms with van der Waals surface area (Å²) in [4.78, 5) is 13.7. The van der Waals surface area contributed by atoms with Crippen molar-refractivity contribution in [1.29, 1.82) is 0 Å². The van der Waals surface area contributed by atoms with Gasteiger partial charge in [-0.1, -0.05) is 16.8 Å². The first-order chi connectivity index (χ1) is 6.02. The average Bonchev–Trinajstić information content (AvgIpc) is 2.47. The first-order valence-corrected chi connectivity index (χ1v) is 3.68. The van der Waals surface area contributed by atoms with E-state index in [0.717, 1.165) is 0 Å². The van der Waals surface area contributed by atoms with Crippen LogP contribution in [0, 0.1) is 10.1 Å². The lowest BCUT2D eigenvalue weighted by molar-refractivity contribution is -0.527. The first-order valence-electron chi connectivity index (χ1n) is 3.31. The van der Waals surface area contributed by atoms with Crippen molar-refractivity contribution in [2.24, 2.45) is 10.1 Å².